The quantitative estimate of drug-likeness (QED) is 0.796. The van der Waals surface area contributed by atoms with Crippen LogP contribution in [0.25, 0.3) is 0 Å². The Bertz CT molecular complexity index is 325. The molecule has 0 heterocycles. The predicted molar refractivity (Wildman–Crippen MR) is 58.9 cm³/mol. The number of hydrogen-bond donors (Lipinski definition) is 2. The lowest BCUT2D eigenvalue weighted by atomic mass is 9.85. The zero-order chi connectivity index (χ0) is 11.5. The average Bonchev–Trinajstić information content (AvgIpc) is 2.20. The van der Waals surface area contributed by atoms with Gasteiger partial charge in [-0.15, -0.1) is 0 Å². The lowest BCUT2D eigenvalue weighted by Crippen LogP contribution is -2.39. The Morgan fingerprint density at radius 3 is 2.60 bits per heavy atom. The summed E-state index contributed by atoms with van der Waals surface area (Å²) in [4.78, 5) is 0. The van der Waals surface area contributed by atoms with Crippen molar-refractivity contribution in [1.82, 2.24) is 0 Å². The molecule has 84 valence electrons. The number of benzene rings is 1. The molecule has 1 aromatic rings. The monoisotopic (exact) mass is 211 g/mol. The first kappa shape index (κ1) is 12.1. The normalized spacial score (nSPS) is 17.1. The first-order chi connectivity index (χ1) is 6.97. The minimum Gasteiger partial charge on any atom is -0.390 e. The zero-order valence-electron chi connectivity index (χ0n) is 9.20. The molecular weight excluding hydrogens is 193 g/mol. The van der Waals surface area contributed by atoms with Crippen LogP contribution in [0.1, 0.15) is 19.4 Å². The van der Waals surface area contributed by atoms with E-state index in [0.29, 0.717) is 12.1 Å². The van der Waals surface area contributed by atoms with Crippen molar-refractivity contribution >= 4 is 0 Å². The standard InChI is InChI=1S/C12H18FNO/c1-9(8-14)12(2,15)7-10-5-3-4-6-11(10)13/h3-6,9,15H,7-8,14H2,1-2H3. The molecule has 0 spiro atoms. The molecule has 1 rings (SSSR count). The minimum absolute atomic E-state index is 0.0582. The van der Waals surface area contributed by atoms with Crippen LogP contribution in [0.3, 0.4) is 0 Å². The Balaban J connectivity index is 2.81. The first-order valence-corrected chi connectivity index (χ1v) is 5.13. The maximum atomic E-state index is 13.3. The van der Waals surface area contributed by atoms with Crippen molar-refractivity contribution in [3.63, 3.8) is 0 Å². The lowest BCUT2D eigenvalue weighted by Gasteiger charge is -2.29. The van der Waals surface area contributed by atoms with Crippen molar-refractivity contribution in [2.75, 3.05) is 6.54 Å². The van der Waals surface area contributed by atoms with Crippen LogP contribution in [0.5, 0.6) is 0 Å². The molecule has 2 atom stereocenters. The van der Waals surface area contributed by atoms with Crippen LogP contribution in [-0.4, -0.2) is 17.3 Å². The molecule has 0 aromatic heterocycles. The minimum atomic E-state index is -0.961. The molecule has 0 bridgehead atoms. The van der Waals surface area contributed by atoms with E-state index in [0.717, 1.165) is 0 Å². The fourth-order valence-corrected chi connectivity index (χ4v) is 1.46. The third-order valence-corrected chi connectivity index (χ3v) is 2.92. The topological polar surface area (TPSA) is 46.2 Å². The van der Waals surface area contributed by atoms with E-state index in [9.17, 15) is 9.50 Å². The van der Waals surface area contributed by atoms with Gasteiger partial charge in [0.25, 0.3) is 0 Å². The molecular formula is C12H18FNO. The van der Waals surface area contributed by atoms with Crippen LogP contribution >= 0.6 is 0 Å². The van der Waals surface area contributed by atoms with Crippen molar-refractivity contribution in [2.45, 2.75) is 25.9 Å². The van der Waals surface area contributed by atoms with Crippen molar-refractivity contribution < 1.29 is 9.50 Å². The molecule has 0 fully saturated rings. The number of rotatable bonds is 4. The van der Waals surface area contributed by atoms with Gasteiger partial charge >= 0.3 is 0 Å². The summed E-state index contributed by atoms with van der Waals surface area (Å²) in [6.07, 6.45) is 0.290. The van der Waals surface area contributed by atoms with E-state index >= 15 is 0 Å². The Labute approximate surface area is 89.9 Å². The summed E-state index contributed by atoms with van der Waals surface area (Å²) in [5, 5.41) is 10.1. The van der Waals surface area contributed by atoms with Gasteiger partial charge < -0.3 is 10.8 Å². The van der Waals surface area contributed by atoms with Crippen LogP contribution < -0.4 is 5.73 Å². The van der Waals surface area contributed by atoms with E-state index in [4.69, 9.17) is 5.73 Å². The molecule has 0 saturated heterocycles. The summed E-state index contributed by atoms with van der Waals surface area (Å²) in [6.45, 7) is 3.94. The second kappa shape index (κ2) is 4.73. The third-order valence-electron chi connectivity index (χ3n) is 2.92. The van der Waals surface area contributed by atoms with E-state index in [1.807, 2.05) is 6.92 Å². The highest BCUT2D eigenvalue weighted by atomic mass is 19.1. The number of hydrogen-bond acceptors (Lipinski definition) is 2. The molecule has 2 nitrogen and oxygen atoms in total. The Kier molecular flexibility index (Phi) is 3.83. The maximum absolute atomic E-state index is 13.3. The number of aliphatic hydroxyl groups is 1. The molecule has 0 radical (unpaired) electrons. The van der Waals surface area contributed by atoms with E-state index in [-0.39, 0.29) is 18.2 Å². The number of nitrogens with two attached hydrogens (primary N) is 1. The Hall–Kier alpha value is -0.930. The van der Waals surface area contributed by atoms with E-state index in [1.165, 1.54) is 6.07 Å². The highest BCUT2D eigenvalue weighted by Crippen LogP contribution is 2.22. The van der Waals surface area contributed by atoms with E-state index in [1.54, 1.807) is 25.1 Å². The molecule has 1 aromatic carbocycles. The molecule has 3 heteroatoms. The van der Waals surface area contributed by atoms with Crippen LogP contribution in [0, 0.1) is 11.7 Å². The summed E-state index contributed by atoms with van der Waals surface area (Å²) in [5.41, 5.74) is 5.07. The van der Waals surface area contributed by atoms with Crippen molar-refractivity contribution in [1.29, 1.82) is 0 Å². The van der Waals surface area contributed by atoms with Crippen LogP contribution in [0.2, 0.25) is 0 Å². The van der Waals surface area contributed by atoms with Gasteiger partial charge in [-0.3, -0.25) is 0 Å². The summed E-state index contributed by atoms with van der Waals surface area (Å²) >= 11 is 0. The van der Waals surface area contributed by atoms with Gasteiger partial charge in [0, 0.05) is 6.42 Å². The fourth-order valence-electron chi connectivity index (χ4n) is 1.46. The fraction of sp³-hybridized carbons (Fsp3) is 0.500. The van der Waals surface area contributed by atoms with E-state index < -0.39 is 5.60 Å². The summed E-state index contributed by atoms with van der Waals surface area (Å²) < 4.78 is 13.3. The van der Waals surface area contributed by atoms with Gasteiger partial charge in [-0.1, -0.05) is 25.1 Å². The molecule has 0 aliphatic heterocycles. The zero-order valence-corrected chi connectivity index (χ0v) is 9.20. The van der Waals surface area contributed by atoms with Gasteiger partial charge in [0.2, 0.25) is 0 Å². The Morgan fingerprint density at radius 1 is 1.47 bits per heavy atom. The van der Waals surface area contributed by atoms with Crippen LogP contribution in [0.4, 0.5) is 4.39 Å². The van der Waals surface area contributed by atoms with Gasteiger partial charge in [0.05, 0.1) is 5.60 Å². The maximum Gasteiger partial charge on any atom is 0.126 e. The van der Waals surface area contributed by atoms with Crippen LogP contribution in [-0.2, 0) is 6.42 Å². The smallest absolute Gasteiger partial charge is 0.126 e. The predicted octanol–water partition coefficient (Wildman–Crippen LogP) is 1.71. The summed E-state index contributed by atoms with van der Waals surface area (Å²) in [7, 11) is 0. The lowest BCUT2D eigenvalue weighted by molar-refractivity contribution is 0.00948. The summed E-state index contributed by atoms with van der Waals surface area (Å²) in [6, 6.07) is 6.49. The molecule has 0 amide bonds. The second-order valence-corrected chi connectivity index (χ2v) is 4.26. The second-order valence-electron chi connectivity index (χ2n) is 4.26. The van der Waals surface area contributed by atoms with Crippen molar-refractivity contribution in [3.05, 3.63) is 35.6 Å². The van der Waals surface area contributed by atoms with Gasteiger partial charge in [0.1, 0.15) is 5.82 Å². The van der Waals surface area contributed by atoms with Gasteiger partial charge in [-0.2, -0.15) is 0 Å². The van der Waals surface area contributed by atoms with Gasteiger partial charge in [-0.25, -0.2) is 4.39 Å². The van der Waals surface area contributed by atoms with Crippen LogP contribution in [0.15, 0.2) is 24.3 Å². The highest BCUT2D eigenvalue weighted by Gasteiger charge is 2.28. The van der Waals surface area contributed by atoms with Gasteiger partial charge in [-0.05, 0) is 31.0 Å². The van der Waals surface area contributed by atoms with Gasteiger partial charge in [0.15, 0.2) is 0 Å². The largest absolute Gasteiger partial charge is 0.390 e. The van der Waals surface area contributed by atoms with Crippen molar-refractivity contribution in [2.24, 2.45) is 11.7 Å². The third kappa shape index (κ3) is 3.01. The highest BCUT2D eigenvalue weighted by molar-refractivity contribution is 5.19. The molecule has 0 aliphatic rings. The molecule has 0 aliphatic carbocycles. The molecule has 0 saturated carbocycles. The molecule has 3 N–H and O–H groups in total. The molecule has 2 unspecified atom stereocenters. The molecule has 15 heavy (non-hydrogen) atoms. The SMILES string of the molecule is CC(CN)C(C)(O)Cc1ccccc1F. The number of halogens is 1. The van der Waals surface area contributed by atoms with Crippen molar-refractivity contribution in [3.8, 4) is 0 Å². The first-order valence-electron chi connectivity index (χ1n) is 5.13. The van der Waals surface area contributed by atoms with E-state index in [2.05, 4.69) is 0 Å². The average molecular weight is 211 g/mol. The summed E-state index contributed by atoms with van der Waals surface area (Å²) in [5.74, 6) is -0.334. The Morgan fingerprint density at radius 2 is 2.07 bits per heavy atom.